The predicted molar refractivity (Wildman–Crippen MR) is 72.4 cm³/mol. The predicted octanol–water partition coefficient (Wildman–Crippen LogP) is 2.82. The van der Waals surface area contributed by atoms with E-state index in [0.29, 0.717) is 5.56 Å². The first kappa shape index (κ1) is 13.2. The van der Waals surface area contributed by atoms with Crippen molar-refractivity contribution in [3.8, 4) is 0 Å². The minimum Gasteiger partial charge on any atom is -0.468 e. The zero-order chi connectivity index (χ0) is 14.2. The summed E-state index contributed by atoms with van der Waals surface area (Å²) in [5.74, 6) is -1.13. The number of hydrogen-bond acceptors (Lipinski definition) is 4. The smallest absolute Gasteiger partial charge is 0.339 e. The van der Waals surface area contributed by atoms with Crippen molar-refractivity contribution in [1.82, 2.24) is 0 Å². The fraction of sp³-hybridized carbons (Fsp3) is 0.500. The Balaban J connectivity index is 2.13. The van der Waals surface area contributed by atoms with Crippen molar-refractivity contribution in [2.45, 2.75) is 43.6 Å². The summed E-state index contributed by atoms with van der Waals surface area (Å²) in [4.78, 5) is 24.5. The highest BCUT2D eigenvalue weighted by Crippen LogP contribution is 2.47. The number of carbonyl (C=O) groups is 2. The van der Waals surface area contributed by atoms with Crippen molar-refractivity contribution in [3.05, 3.63) is 35.4 Å². The molecule has 1 aliphatic carbocycles. The molecule has 1 unspecified atom stereocenters. The van der Waals surface area contributed by atoms with E-state index in [4.69, 9.17) is 9.47 Å². The summed E-state index contributed by atoms with van der Waals surface area (Å²) in [7, 11) is 1.39. The number of esters is 2. The molecule has 2 aliphatic rings. The van der Waals surface area contributed by atoms with Gasteiger partial charge in [0.15, 0.2) is 0 Å². The van der Waals surface area contributed by atoms with Crippen LogP contribution in [0.2, 0.25) is 0 Å². The van der Waals surface area contributed by atoms with Crippen molar-refractivity contribution < 1.29 is 19.1 Å². The molecule has 0 N–H and O–H groups in total. The third-order valence-corrected chi connectivity index (χ3v) is 4.45. The van der Waals surface area contributed by atoms with E-state index >= 15 is 0 Å². The number of benzene rings is 1. The lowest BCUT2D eigenvalue weighted by atomic mass is 9.70. The number of methoxy groups -OCH3 is 1. The van der Waals surface area contributed by atoms with E-state index in [0.717, 1.165) is 37.7 Å². The molecule has 0 saturated heterocycles. The number of ether oxygens (including phenoxy) is 2. The Morgan fingerprint density at radius 1 is 1.25 bits per heavy atom. The van der Waals surface area contributed by atoms with Gasteiger partial charge in [-0.1, -0.05) is 24.6 Å². The quantitative estimate of drug-likeness (QED) is 0.739. The van der Waals surface area contributed by atoms with E-state index in [1.807, 2.05) is 12.1 Å². The molecule has 4 heteroatoms. The molecule has 1 aromatic rings. The maximum absolute atomic E-state index is 12.3. The van der Waals surface area contributed by atoms with Gasteiger partial charge in [-0.05, 0) is 37.3 Å². The van der Waals surface area contributed by atoms with Crippen LogP contribution in [-0.2, 0) is 14.3 Å². The van der Waals surface area contributed by atoms with Crippen LogP contribution in [0.4, 0.5) is 0 Å². The number of rotatable bonds is 1. The third kappa shape index (κ3) is 1.90. The molecule has 0 aromatic heterocycles. The highest BCUT2D eigenvalue weighted by Gasteiger charge is 2.52. The Labute approximate surface area is 118 Å². The minimum atomic E-state index is -0.712. The average Bonchev–Trinajstić information content (AvgIpc) is 2.48. The van der Waals surface area contributed by atoms with Crippen molar-refractivity contribution >= 4 is 11.9 Å². The Kier molecular flexibility index (Phi) is 3.24. The van der Waals surface area contributed by atoms with Crippen LogP contribution < -0.4 is 0 Å². The van der Waals surface area contributed by atoms with Gasteiger partial charge in [-0.15, -0.1) is 0 Å². The number of fused-ring (bicyclic) bond motifs is 1. The number of carbonyl (C=O) groups excluding carboxylic acids is 2. The van der Waals surface area contributed by atoms with Crippen LogP contribution in [0.15, 0.2) is 24.3 Å². The first-order valence-electron chi connectivity index (χ1n) is 7.08. The van der Waals surface area contributed by atoms with E-state index < -0.39 is 11.5 Å². The van der Waals surface area contributed by atoms with Gasteiger partial charge in [0.1, 0.15) is 11.5 Å². The van der Waals surface area contributed by atoms with Gasteiger partial charge in [0.2, 0.25) is 0 Å². The maximum atomic E-state index is 12.3. The summed E-state index contributed by atoms with van der Waals surface area (Å²) in [5.41, 5.74) is 0.521. The molecular weight excluding hydrogens is 256 g/mol. The summed E-state index contributed by atoms with van der Waals surface area (Å²) in [6.07, 6.45) is 4.53. The zero-order valence-electron chi connectivity index (χ0n) is 11.6. The van der Waals surface area contributed by atoms with Gasteiger partial charge in [0.05, 0.1) is 12.7 Å². The van der Waals surface area contributed by atoms with E-state index in [1.54, 1.807) is 12.1 Å². The van der Waals surface area contributed by atoms with Gasteiger partial charge in [-0.2, -0.15) is 0 Å². The highest BCUT2D eigenvalue weighted by molar-refractivity contribution is 5.96. The molecule has 106 valence electrons. The van der Waals surface area contributed by atoms with Crippen LogP contribution in [0.3, 0.4) is 0 Å². The molecule has 1 saturated carbocycles. The zero-order valence-corrected chi connectivity index (χ0v) is 11.6. The monoisotopic (exact) mass is 274 g/mol. The molecule has 1 heterocycles. The third-order valence-electron chi connectivity index (χ3n) is 4.45. The molecule has 20 heavy (non-hydrogen) atoms. The van der Waals surface area contributed by atoms with Gasteiger partial charge < -0.3 is 9.47 Å². The first-order valence-corrected chi connectivity index (χ1v) is 7.08. The van der Waals surface area contributed by atoms with Crippen molar-refractivity contribution in [1.29, 1.82) is 0 Å². The van der Waals surface area contributed by atoms with E-state index in [9.17, 15) is 9.59 Å². The average molecular weight is 274 g/mol. The Bertz CT molecular complexity index is 543. The lowest BCUT2D eigenvalue weighted by molar-refractivity contribution is -0.153. The Morgan fingerprint density at radius 3 is 2.65 bits per heavy atom. The topological polar surface area (TPSA) is 52.6 Å². The van der Waals surface area contributed by atoms with Gasteiger partial charge in [0.25, 0.3) is 0 Å². The Morgan fingerprint density at radius 2 is 1.95 bits per heavy atom. The van der Waals surface area contributed by atoms with Crippen molar-refractivity contribution in [3.63, 3.8) is 0 Å². The molecule has 0 radical (unpaired) electrons. The molecule has 1 fully saturated rings. The van der Waals surface area contributed by atoms with E-state index in [2.05, 4.69) is 0 Å². The molecule has 4 nitrogen and oxygen atoms in total. The minimum absolute atomic E-state index is 0.313. The van der Waals surface area contributed by atoms with Crippen molar-refractivity contribution in [2.24, 2.45) is 0 Å². The number of hydrogen-bond donors (Lipinski definition) is 0. The van der Waals surface area contributed by atoms with Crippen LogP contribution in [0.1, 0.15) is 53.9 Å². The van der Waals surface area contributed by atoms with E-state index in [1.165, 1.54) is 7.11 Å². The van der Waals surface area contributed by atoms with Gasteiger partial charge >= 0.3 is 11.9 Å². The van der Waals surface area contributed by atoms with Gasteiger partial charge in [-0.25, -0.2) is 4.79 Å². The lowest BCUT2D eigenvalue weighted by Crippen LogP contribution is -2.50. The standard InChI is InChI=1S/C16H18O4/c1-19-15(18)13-11-7-3-4-8-12(11)14(17)20-16(13)9-5-2-6-10-16/h3-4,7-8,13H,2,5-6,9-10H2,1H3. The molecule has 1 aromatic carbocycles. The molecule has 3 rings (SSSR count). The normalized spacial score (nSPS) is 23.9. The first-order chi connectivity index (χ1) is 9.68. The van der Waals surface area contributed by atoms with Crippen molar-refractivity contribution in [2.75, 3.05) is 7.11 Å². The van der Waals surface area contributed by atoms with Gasteiger partial charge in [0, 0.05) is 0 Å². The summed E-state index contributed by atoms with van der Waals surface area (Å²) in [6, 6.07) is 7.19. The van der Waals surface area contributed by atoms with Crippen LogP contribution >= 0.6 is 0 Å². The lowest BCUT2D eigenvalue weighted by Gasteiger charge is -2.44. The van der Waals surface area contributed by atoms with Crippen LogP contribution in [-0.4, -0.2) is 24.6 Å². The molecular formula is C16H18O4. The van der Waals surface area contributed by atoms with E-state index in [-0.39, 0.29) is 11.9 Å². The molecule has 1 spiro atoms. The highest BCUT2D eigenvalue weighted by atomic mass is 16.6. The van der Waals surface area contributed by atoms with Crippen LogP contribution in [0.5, 0.6) is 0 Å². The molecule has 0 amide bonds. The second-order valence-corrected chi connectivity index (χ2v) is 5.56. The largest absolute Gasteiger partial charge is 0.468 e. The fourth-order valence-electron chi connectivity index (χ4n) is 3.52. The SMILES string of the molecule is COC(=O)C1c2ccccc2C(=O)OC12CCCCC2. The van der Waals surface area contributed by atoms with Crippen LogP contribution in [0, 0.1) is 0 Å². The summed E-state index contributed by atoms with van der Waals surface area (Å²) < 4.78 is 10.7. The summed E-state index contributed by atoms with van der Waals surface area (Å²) in [6.45, 7) is 0. The molecule has 1 aliphatic heterocycles. The fourth-order valence-corrected chi connectivity index (χ4v) is 3.52. The molecule has 0 bridgehead atoms. The summed E-state index contributed by atoms with van der Waals surface area (Å²) >= 11 is 0. The summed E-state index contributed by atoms with van der Waals surface area (Å²) in [5, 5.41) is 0. The Hall–Kier alpha value is -1.84. The maximum Gasteiger partial charge on any atom is 0.339 e. The second-order valence-electron chi connectivity index (χ2n) is 5.56. The van der Waals surface area contributed by atoms with Crippen LogP contribution in [0.25, 0.3) is 0 Å². The van der Waals surface area contributed by atoms with Gasteiger partial charge in [-0.3, -0.25) is 4.79 Å². The molecule has 1 atom stereocenters. The second kappa shape index (κ2) is 4.93.